The Morgan fingerprint density at radius 2 is 1.68 bits per heavy atom. The maximum atomic E-state index is 12.0. The van der Waals surface area contributed by atoms with Gasteiger partial charge in [-0.25, -0.2) is 4.21 Å². The van der Waals surface area contributed by atoms with Crippen LogP contribution in [-0.2, 0) is 22.2 Å². The van der Waals surface area contributed by atoms with Crippen molar-refractivity contribution >= 4 is 21.8 Å². The number of amides is 1. The van der Waals surface area contributed by atoms with Crippen LogP contribution in [0.15, 0.2) is 66.7 Å². The summed E-state index contributed by atoms with van der Waals surface area (Å²) in [6, 6.07) is 20.4. The lowest BCUT2D eigenvalue weighted by Crippen LogP contribution is -2.16. The largest absolute Gasteiger partial charge is 0.486 e. The van der Waals surface area contributed by atoms with E-state index in [1.807, 2.05) is 24.3 Å². The molecule has 31 heavy (non-hydrogen) atoms. The third kappa shape index (κ3) is 3.59. The molecule has 4 nitrogen and oxygen atoms in total. The number of ether oxygens (including phenoxy) is 1. The van der Waals surface area contributed by atoms with E-state index in [1.54, 1.807) is 0 Å². The molecular formula is C26H23NO3S. The number of carbonyl (C=O) groups excluding carboxylic acids is 1. The van der Waals surface area contributed by atoms with E-state index < -0.39 is 11.0 Å². The van der Waals surface area contributed by atoms with Gasteiger partial charge in [0, 0.05) is 6.08 Å². The Kier molecular flexibility index (Phi) is 4.98. The fourth-order valence-electron chi connectivity index (χ4n) is 4.61. The van der Waals surface area contributed by atoms with Crippen LogP contribution in [0.5, 0.6) is 5.75 Å². The van der Waals surface area contributed by atoms with Crippen LogP contribution in [0.2, 0.25) is 0 Å². The van der Waals surface area contributed by atoms with E-state index in [0.717, 1.165) is 24.2 Å². The monoisotopic (exact) mass is 429 g/mol. The van der Waals surface area contributed by atoms with Crippen molar-refractivity contribution in [3.8, 4) is 16.9 Å². The summed E-state index contributed by atoms with van der Waals surface area (Å²) in [5.41, 5.74) is 8.59. The van der Waals surface area contributed by atoms with Crippen LogP contribution in [0.1, 0.15) is 40.3 Å². The van der Waals surface area contributed by atoms with Crippen LogP contribution in [-0.4, -0.2) is 10.1 Å². The van der Waals surface area contributed by atoms with E-state index in [-0.39, 0.29) is 12.0 Å². The Hall–Kier alpha value is -3.18. The van der Waals surface area contributed by atoms with Gasteiger partial charge in [-0.3, -0.25) is 9.52 Å². The quantitative estimate of drug-likeness (QED) is 0.622. The average Bonchev–Trinajstić information content (AvgIpc) is 3.31. The molecule has 2 atom stereocenters. The number of aryl methyl sites for hydroxylation is 2. The van der Waals surface area contributed by atoms with Crippen molar-refractivity contribution in [3.63, 3.8) is 0 Å². The van der Waals surface area contributed by atoms with Gasteiger partial charge >= 0.3 is 0 Å². The molecule has 3 aromatic rings. The van der Waals surface area contributed by atoms with Crippen LogP contribution in [0.4, 0.5) is 0 Å². The third-order valence-corrected chi connectivity index (χ3v) is 7.18. The van der Waals surface area contributed by atoms with Crippen LogP contribution in [0.25, 0.3) is 16.0 Å². The van der Waals surface area contributed by atoms with Crippen molar-refractivity contribution in [3.05, 3.63) is 94.6 Å². The highest BCUT2D eigenvalue weighted by atomic mass is 32.2. The maximum Gasteiger partial charge on any atom is 0.257 e. The molecule has 1 N–H and O–H groups in total. The van der Waals surface area contributed by atoms with E-state index in [2.05, 4.69) is 55.0 Å². The van der Waals surface area contributed by atoms with Gasteiger partial charge in [-0.15, -0.1) is 0 Å². The molecule has 1 heterocycles. The second kappa shape index (κ2) is 7.82. The van der Waals surface area contributed by atoms with E-state index >= 15 is 0 Å². The van der Waals surface area contributed by atoms with E-state index in [0.29, 0.717) is 4.91 Å². The molecular weight excluding hydrogens is 406 g/mol. The van der Waals surface area contributed by atoms with Crippen LogP contribution >= 0.6 is 0 Å². The molecule has 0 saturated heterocycles. The molecule has 156 valence electrons. The second-order valence-corrected chi connectivity index (χ2v) is 9.23. The molecule has 5 rings (SSSR count). The molecule has 0 saturated carbocycles. The van der Waals surface area contributed by atoms with E-state index in [4.69, 9.17) is 4.74 Å². The number of hydrogen-bond acceptors (Lipinski definition) is 3. The first-order chi connectivity index (χ1) is 15.0. The summed E-state index contributed by atoms with van der Waals surface area (Å²) < 4.78 is 20.7. The van der Waals surface area contributed by atoms with Gasteiger partial charge < -0.3 is 4.74 Å². The summed E-state index contributed by atoms with van der Waals surface area (Å²) in [6.07, 6.45) is 3.32. The maximum absolute atomic E-state index is 12.0. The van der Waals surface area contributed by atoms with Crippen molar-refractivity contribution in [2.24, 2.45) is 0 Å². The molecule has 2 aliphatic rings. The summed E-state index contributed by atoms with van der Waals surface area (Å²) in [7, 11) is -1.49. The molecule has 0 bridgehead atoms. The smallest absolute Gasteiger partial charge is 0.257 e. The summed E-state index contributed by atoms with van der Waals surface area (Å²) in [4.78, 5) is 11.9. The Bertz CT molecular complexity index is 1220. The second-order valence-electron chi connectivity index (χ2n) is 8.05. The van der Waals surface area contributed by atoms with Crippen molar-refractivity contribution in [1.29, 1.82) is 0 Å². The van der Waals surface area contributed by atoms with Gasteiger partial charge in [-0.05, 0) is 77.8 Å². The topological polar surface area (TPSA) is 55.4 Å². The van der Waals surface area contributed by atoms with Gasteiger partial charge in [0.05, 0.1) is 4.91 Å². The van der Waals surface area contributed by atoms with Crippen LogP contribution in [0.3, 0.4) is 0 Å². The van der Waals surface area contributed by atoms with Gasteiger partial charge in [0.15, 0.2) is 11.0 Å². The number of hydrogen-bond donors (Lipinski definition) is 1. The highest BCUT2D eigenvalue weighted by Gasteiger charge is 2.27. The predicted octanol–water partition coefficient (Wildman–Crippen LogP) is 5.17. The van der Waals surface area contributed by atoms with Crippen molar-refractivity contribution in [1.82, 2.24) is 4.72 Å². The van der Waals surface area contributed by atoms with Gasteiger partial charge in [-0.2, -0.15) is 0 Å². The first-order valence-corrected chi connectivity index (χ1v) is 11.6. The highest BCUT2D eigenvalue weighted by Crippen LogP contribution is 2.41. The van der Waals surface area contributed by atoms with E-state index in [9.17, 15) is 9.00 Å². The van der Waals surface area contributed by atoms with Gasteiger partial charge in [0.25, 0.3) is 5.91 Å². The summed E-state index contributed by atoms with van der Waals surface area (Å²) in [6.45, 7) is 4.34. The number of rotatable bonds is 4. The Morgan fingerprint density at radius 3 is 2.35 bits per heavy atom. The SMILES string of the molecule is Cc1cccc(C)c1-c1cccc2c1CCC2Oc1ccc(C2=CC(=O)NS2=O)cc1. The van der Waals surface area contributed by atoms with Gasteiger partial charge in [-0.1, -0.05) is 48.5 Å². The molecule has 1 aliphatic carbocycles. The molecule has 0 spiro atoms. The molecule has 1 amide bonds. The zero-order valence-corrected chi connectivity index (χ0v) is 18.3. The Morgan fingerprint density at radius 1 is 0.968 bits per heavy atom. The molecule has 2 unspecified atom stereocenters. The fraction of sp³-hybridized carbons (Fsp3) is 0.192. The molecule has 0 fully saturated rings. The molecule has 0 aromatic heterocycles. The lowest BCUT2D eigenvalue weighted by molar-refractivity contribution is -0.114. The zero-order chi connectivity index (χ0) is 21.5. The van der Waals surface area contributed by atoms with E-state index in [1.165, 1.54) is 39.5 Å². The standard InChI is InChI=1S/C26H23NO3S/c1-16-5-3-6-17(2)26(16)22-8-4-7-21-20(22)13-14-23(21)30-19-11-9-18(10-12-19)24-15-25(28)27-31(24)29/h3-12,15,23H,13-14H2,1-2H3,(H,27,28). The summed E-state index contributed by atoms with van der Waals surface area (Å²) in [5.74, 6) is 0.443. The molecule has 5 heteroatoms. The zero-order valence-electron chi connectivity index (χ0n) is 17.5. The number of nitrogens with one attached hydrogen (secondary N) is 1. The molecule has 3 aromatic carbocycles. The lowest BCUT2D eigenvalue weighted by atomic mass is 9.91. The fourth-order valence-corrected chi connectivity index (χ4v) is 5.53. The minimum absolute atomic E-state index is 0.00759. The number of benzene rings is 3. The van der Waals surface area contributed by atoms with Crippen LogP contribution < -0.4 is 9.46 Å². The Labute approximate surface area is 184 Å². The van der Waals surface area contributed by atoms with Gasteiger partial charge in [0.2, 0.25) is 0 Å². The third-order valence-electron chi connectivity index (χ3n) is 6.04. The van der Waals surface area contributed by atoms with Crippen molar-refractivity contribution in [2.45, 2.75) is 32.8 Å². The lowest BCUT2D eigenvalue weighted by Gasteiger charge is -2.17. The van der Waals surface area contributed by atoms with Crippen LogP contribution in [0, 0.1) is 13.8 Å². The normalized spacial score (nSPS) is 19.7. The first-order valence-electron chi connectivity index (χ1n) is 10.4. The van der Waals surface area contributed by atoms with Crippen molar-refractivity contribution in [2.75, 3.05) is 0 Å². The number of fused-ring (bicyclic) bond motifs is 1. The minimum Gasteiger partial charge on any atom is -0.486 e. The first kappa shape index (κ1) is 19.8. The average molecular weight is 430 g/mol. The molecule has 0 radical (unpaired) electrons. The summed E-state index contributed by atoms with van der Waals surface area (Å²) >= 11 is 0. The summed E-state index contributed by atoms with van der Waals surface area (Å²) in [5, 5.41) is 0. The van der Waals surface area contributed by atoms with Crippen molar-refractivity contribution < 1.29 is 13.7 Å². The molecule has 1 aliphatic heterocycles. The minimum atomic E-state index is -1.49. The predicted molar refractivity (Wildman–Crippen MR) is 124 cm³/mol. The highest BCUT2D eigenvalue weighted by molar-refractivity contribution is 7.93. The van der Waals surface area contributed by atoms with Gasteiger partial charge in [0.1, 0.15) is 11.9 Å². The Balaban J connectivity index is 1.41. The number of carbonyl (C=O) groups is 1.